The van der Waals surface area contributed by atoms with Gasteiger partial charge in [0, 0.05) is 6.04 Å². The van der Waals surface area contributed by atoms with Crippen molar-refractivity contribution in [2.75, 3.05) is 0 Å². The van der Waals surface area contributed by atoms with Crippen molar-refractivity contribution >= 4 is 0 Å². The van der Waals surface area contributed by atoms with Crippen LogP contribution in [0.5, 0.6) is 0 Å². The highest BCUT2D eigenvalue weighted by Gasteiger charge is 1.95. The van der Waals surface area contributed by atoms with Gasteiger partial charge < -0.3 is 5.73 Å². The molecule has 0 radical (unpaired) electrons. The minimum Gasteiger partial charge on any atom is -0.328 e. The minimum atomic E-state index is 0.352. The highest BCUT2D eigenvalue weighted by Crippen LogP contribution is 1.93. The highest BCUT2D eigenvalue weighted by atomic mass is 14.6. The van der Waals surface area contributed by atoms with Gasteiger partial charge in [0.15, 0.2) is 0 Å². The molecule has 0 saturated heterocycles. The van der Waals surface area contributed by atoms with Gasteiger partial charge in [0.2, 0.25) is 0 Å². The van der Waals surface area contributed by atoms with Crippen LogP contribution in [-0.4, -0.2) is 6.04 Å². The molecule has 0 spiro atoms. The molecule has 0 aliphatic rings. The molecule has 0 aromatic carbocycles. The maximum absolute atomic E-state index is 5.44. The van der Waals surface area contributed by atoms with E-state index < -0.39 is 0 Å². The lowest BCUT2D eigenvalue weighted by Crippen LogP contribution is -2.21. The molecule has 8 heavy (non-hydrogen) atoms. The quantitative estimate of drug-likeness (QED) is 0.558. The van der Waals surface area contributed by atoms with Crippen molar-refractivity contribution < 1.29 is 0 Å². The van der Waals surface area contributed by atoms with Gasteiger partial charge in [0.05, 0.1) is 0 Å². The van der Waals surface area contributed by atoms with Gasteiger partial charge in [0.25, 0.3) is 0 Å². The summed E-state index contributed by atoms with van der Waals surface area (Å²) in [6.45, 7) is 10.2. The fraction of sp³-hybridized carbons (Fsp3) is 1.00. The molecule has 0 bridgehead atoms. The second-order valence-electron chi connectivity index (χ2n) is 2.10. The van der Waals surface area contributed by atoms with Crippen molar-refractivity contribution in [3.63, 3.8) is 0 Å². The maximum atomic E-state index is 5.44. The van der Waals surface area contributed by atoms with E-state index in [0.717, 1.165) is 0 Å². The first-order valence-corrected chi connectivity index (χ1v) is 3.40. The SMILES string of the molecule is CC.CC(C)C(C)N. The van der Waals surface area contributed by atoms with E-state index >= 15 is 0 Å². The number of hydrogen-bond acceptors (Lipinski definition) is 1. The van der Waals surface area contributed by atoms with Gasteiger partial charge in [-0.1, -0.05) is 27.7 Å². The third kappa shape index (κ3) is 9.35. The molecule has 1 heteroatoms. The first-order valence-electron chi connectivity index (χ1n) is 3.40. The molecule has 0 amide bonds. The van der Waals surface area contributed by atoms with E-state index in [0.29, 0.717) is 12.0 Å². The number of hydrogen-bond donors (Lipinski definition) is 1. The van der Waals surface area contributed by atoms with Crippen LogP contribution in [0.2, 0.25) is 0 Å². The molecule has 0 rings (SSSR count). The first kappa shape index (κ1) is 10.9. The van der Waals surface area contributed by atoms with Crippen LogP contribution in [0.15, 0.2) is 0 Å². The van der Waals surface area contributed by atoms with E-state index in [9.17, 15) is 0 Å². The van der Waals surface area contributed by atoms with Crippen molar-refractivity contribution in [1.29, 1.82) is 0 Å². The van der Waals surface area contributed by atoms with Crippen LogP contribution in [0.25, 0.3) is 0 Å². The molecule has 1 atom stereocenters. The fourth-order valence-electron chi connectivity index (χ4n) is 0. The van der Waals surface area contributed by atoms with Crippen LogP contribution in [0.3, 0.4) is 0 Å². The van der Waals surface area contributed by atoms with Gasteiger partial charge >= 0.3 is 0 Å². The molecule has 0 saturated carbocycles. The van der Waals surface area contributed by atoms with Gasteiger partial charge in [-0.25, -0.2) is 0 Å². The zero-order chi connectivity index (χ0) is 7.15. The van der Waals surface area contributed by atoms with Gasteiger partial charge in [-0.2, -0.15) is 0 Å². The Morgan fingerprint density at radius 2 is 1.12 bits per heavy atom. The van der Waals surface area contributed by atoms with Crippen LogP contribution >= 0.6 is 0 Å². The largest absolute Gasteiger partial charge is 0.328 e. The number of rotatable bonds is 1. The molecule has 2 N–H and O–H groups in total. The Bertz CT molecular complexity index is 25.4. The van der Waals surface area contributed by atoms with Crippen LogP contribution < -0.4 is 5.73 Å². The van der Waals surface area contributed by atoms with Crippen molar-refractivity contribution in [3.8, 4) is 0 Å². The highest BCUT2D eigenvalue weighted by molar-refractivity contribution is 4.55. The van der Waals surface area contributed by atoms with Crippen molar-refractivity contribution in [2.24, 2.45) is 11.7 Å². The van der Waals surface area contributed by atoms with E-state index in [4.69, 9.17) is 5.73 Å². The maximum Gasteiger partial charge on any atom is 0.00334 e. The summed E-state index contributed by atoms with van der Waals surface area (Å²) < 4.78 is 0. The molecule has 52 valence electrons. The summed E-state index contributed by atoms with van der Waals surface area (Å²) >= 11 is 0. The molecule has 1 nitrogen and oxygen atoms in total. The topological polar surface area (TPSA) is 26.0 Å². The summed E-state index contributed by atoms with van der Waals surface area (Å²) in [5.74, 6) is 0.630. The van der Waals surface area contributed by atoms with Crippen LogP contribution in [0, 0.1) is 5.92 Å². The Morgan fingerprint density at radius 1 is 1.00 bits per heavy atom. The second kappa shape index (κ2) is 6.96. The molecule has 0 fully saturated rings. The molecular weight excluding hydrogens is 98.1 g/mol. The summed E-state index contributed by atoms with van der Waals surface area (Å²) in [5, 5.41) is 0. The summed E-state index contributed by atoms with van der Waals surface area (Å²) in [5.41, 5.74) is 5.44. The van der Waals surface area contributed by atoms with E-state index in [1.54, 1.807) is 0 Å². The number of nitrogens with two attached hydrogens (primary N) is 1. The molecule has 0 aromatic heterocycles. The van der Waals surface area contributed by atoms with Crippen LogP contribution in [0.1, 0.15) is 34.6 Å². The average molecular weight is 117 g/mol. The predicted molar refractivity (Wildman–Crippen MR) is 39.8 cm³/mol. The van der Waals surface area contributed by atoms with Crippen molar-refractivity contribution in [1.82, 2.24) is 0 Å². The van der Waals surface area contributed by atoms with Crippen molar-refractivity contribution in [2.45, 2.75) is 40.7 Å². The Morgan fingerprint density at radius 3 is 1.12 bits per heavy atom. The lowest BCUT2D eigenvalue weighted by atomic mass is 10.1. The molecule has 1 unspecified atom stereocenters. The van der Waals surface area contributed by atoms with Gasteiger partial charge in [-0.15, -0.1) is 0 Å². The Kier molecular flexibility index (Phi) is 9.44. The van der Waals surface area contributed by atoms with Crippen LogP contribution in [0.4, 0.5) is 0 Å². The first-order chi connectivity index (χ1) is 3.64. The van der Waals surface area contributed by atoms with Gasteiger partial charge in [0.1, 0.15) is 0 Å². The van der Waals surface area contributed by atoms with E-state index in [2.05, 4.69) is 13.8 Å². The minimum absolute atomic E-state index is 0.352. The average Bonchev–Trinajstić information content (AvgIpc) is 1.72. The van der Waals surface area contributed by atoms with Crippen molar-refractivity contribution in [3.05, 3.63) is 0 Å². The predicted octanol–water partition coefficient (Wildman–Crippen LogP) is 2.02. The third-order valence-electron chi connectivity index (χ3n) is 1.05. The zero-order valence-electron chi connectivity index (χ0n) is 6.73. The molecule has 0 aliphatic carbocycles. The fourth-order valence-corrected chi connectivity index (χ4v) is 0. The van der Waals surface area contributed by atoms with E-state index in [1.807, 2.05) is 20.8 Å². The summed E-state index contributed by atoms with van der Waals surface area (Å²) in [6, 6.07) is 0.352. The lowest BCUT2D eigenvalue weighted by molar-refractivity contribution is 0.529. The third-order valence-corrected chi connectivity index (χ3v) is 1.05. The van der Waals surface area contributed by atoms with Gasteiger partial charge in [-0.3, -0.25) is 0 Å². The van der Waals surface area contributed by atoms with E-state index in [-0.39, 0.29) is 0 Å². The lowest BCUT2D eigenvalue weighted by Gasteiger charge is -2.05. The smallest absolute Gasteiger partial charge is 0.00334 e. The zero-order valence-corrected chi connectivity index (χ0v) is 6.73. The molecule has 0 heterocycles. The second-order valence-corrected chi connectivity index (χ2v) is 2.10. The molecule has 0 aromatic rings. The monoisotopic (exact) mass is 117 g/mol. The van der Waals surface area contributed by atoms with Gasteiger partial charge in [-0.05, 0) is 12.8 Å². The summed E-state index contributed by atoms with van der Waals surface area (Å²) in [7, 11) is 0. The normalized spacial score (nSPS) is 12.4. The standard InChI is InChI=1S/C5H13N.C2H6/c1-4(2)5(3)6;1-2/h4-5H,6H2,1-3H3;1-2H3. The Labute approximate surface area is 53.3 Å². The molecular formula is C7H19N. The van der Waals surface area contributed by atoms with E-state index in [1.165, 1.54) is 0 Å². The Hall–Kier alpha value is -0.0400. The summed E-state index contributed by atoms with van der Waals surface area (Å²) in [6.07, 6.45) is 0. The molecule has 0 aliphatic heterocycles. The Balaban J connectivity index is 0. The summed E-state index contributed by atoms with van der Waals surface area (Å²) in [4.78, 5) is 0. The van der Waals surface area contributed by atoms with Crippen LogP contribution in [-0.2, 0) is 0 Å².